The number of nitrogens with zero attached hydrogens (tertiary/aromatic N) is 2. The number of carbonyl (C=O) groups is 3. The second kappa shape index (κ2) is 12.7. The highest BCUT2D eigenvalue weighted by atomic mass is 16.5. The predicted molar refractivity (Wildman–Crippen MR) is 131 cm³/mol. The van der Waals surface area contributed by atoms with E-state index in [2.05, 4.69) is 17.4 Å². The van der Waals surface area contributed by atoms with Crippen molar-refractivity contribution in [3.8, 4) is 0 Å². The number of aryl methyl sites for hydroxylation is 1. The Hall–Kier alpha value is -3.39. The highest BCUT2D eigenvalue weighted by Gasteiger charge is 2.32. The highest BCUT2D eigenvalue weighted by molar-refractivity contribution is 5.99. The largest absolute Gasteiger partial charge is 0.378 e. The number of rotatable bonds is 10. The number of anilines is 1. The van der Waals surface area contributed by atoms with Gasteiger partial charge in [0.1, 0.15) is 6.04 Å². The molecule has 1 aliphatic heterocycles. The number of primary amides is 1. The Morgan fingerprint density at radius 1 is 1.03 bits per heavy atom. The third-order valence-electron chi connectivity index (χ3n) is 5.94. The van der Waals surface area contributed by atoms with Gasteiger partial charge in [-0.25, -0.2) is 4.79 Å². The summed E-state index contributed by atoms with van der Waals surface area (Å²) in [5.74, 6) is -0.793. The highest BCUT2D eigenvalue weighted by Crippen LogP contribution is 2.20. The van der Waals surface area contributed by atoms with Gasteiger partial charge in [-0.15, -0.1) is 0 Å². The van der Waals surface area contributed by atoms with Crippen molar-refractivity contribution >= 4 is 23.5 Å². The number of ether oxygens (including phenoxy) is 1. The second-order valence-corrected chi connectivity index (χ2v) is 8.52. The maximum atomic E-state index is 13.4. The number of para-hydroxylation sites is 1. The van der Waals surface area contributed by atoms with E-state index in [1.54, 1.807) is 11.8 Å². The Bertz CT molecular complexity index is 932. The molecule has 1 fully saturated rings. The van der Waals surface area contributed by atoms with Crippen molar-refractivity contribution in [1.29, 1.82) is 0 Å². The van der Waals surface area contributed by atoms with Crippen molar-refractivity contribution in [2.45, 2.75) is 44.7 Å². The standard InChI is InChI=1S/C26H34N4O4/c1-20(30(23-13-6-3-7-14-23)26(33)29-15-17-34-18-16-29)25(32)28-22(19-24(27)31)12-8-11-21-9-4-2-5-10-21/h2-7,9-10,13-14,20,22H,8,11-12,15-19H2,1H3,(H2,27,31)(H,28,32)/t20-,22-/m0/s1. The molecule has 2 aromatic carbocycles. The molecule has 34 heavy (non-hydrogen) atoms. The summed E-state index contributed by atoms with van der Waals surface area (Å²) in [4.78, 5) is 41.5. The number of hydrogen-bond acceptors (Lipinski definition) is 4. The van der Waals surface area contributed by atoms with Crippen LogP contribution in [0.1, 0.15) is 31.7 Å². The van der Waals surface area contributed by atoms with Gasteiger partial charge in [-0.1, -0.05) is 48.5 Å². The SMILES string of the molecule is C[C@@H](C(=O)N[C@@H](CCCc1ccccc1)CC(N)=O)N(C(=O)N1CCOCC1)c1ccccc1. The number of morpholine rings is 1. The first-order chi connectivity index (χ1) is 16.5. The molecule has 0 bridgehead atoms. The smallest absolute Gasteiger partial charge is 0.325 e. The van der Waals surface area contributed by atoms with Crippen LogP contribution in [-0.2, 0) is 20.7 Å². The van der Waals surface area contributed by atoms with Gasteiger partial charge < -0.3 is 20.7 Å². The van der Waals surface area contributed by atoms with E-state index in [0.717, 1.165) is 12.8 Å². The number of hydrogen-bond donors (Lipinski definition) is 2. The molecule has 1 saturated heterocycles. The minimum absolute atomic E-state index is 0.0516. The van der Waals surface area contributed by atoms with Gasteiger partial charge in [0.15, 0.2) is 0 Å². The molecule has 0 radical (unpaired) electrons. The first-order valence-electron chi connectivity index (χ1n) is 11.8. The van der Waals surface area contributed by atoms with Crippen molar-refractivity contribution in [3.05, 3.63) is 66.2 Å². The Balaban J connectivity index is 1.69. The Kier molecular flexibility index (Phi) is 9.46. The third-order valence-corrected chi connectivity index (χ3v) is 5.94. The Morgan fingerprint density at radius 2 is 1.65 bits per heavy atom. The van der Waals surface area contributed by atoms with Gasteiger partial charge >= 0.3 is 6.03 Å². The predicted octanol–water partition coefficient (Wildman–Crippen LogP) is 2.72. The fourth-order valence-electron chi connectivity index (χ4n) is 4.10. The van der Waals surface area contributed by atoms with Crippen LogP contribution >= 0.6 is 0 Å². The summed E-state index contributed by atoms with van der Waals surface area (Å²) in [6, 6.07) is 17.8. The molecule has 4 amide bonds. The lowest BCUT2D eigenvalue weighted by Crippen LogP contribution is -2.56. The van der Waals surface area contributed by atoms with Gasteiger partial charge in [0.25, 0.3) is 0 Å². The van der Waals surface area contributed by atoms with Crippen molar-refractivity contribution in [3.63, 3.8) is 0 Å². The molecule has 1 aliphatic rings. The molecular weight excluding hydrogens is 432 g/mol. The summed E-state index contributed by atoms with van der Waals surface area (Å²) in [5.41, 5.74) is 7.29. The van der Waals surface area contributed by atoms with E-state index in [1.807, 2.05) is 48.5 Å². The van der Waals surface area contributed by atoms with Crippen LogP contribution in [-0.4, -0.2) is 61.1 Å². The molecule has 182 valence electrons. The number of carbonyl (C=O) groups excluding carboxylic acids is 3. The van der Waals surface area contributed by atoms with E-state index in [1.165, 1.54) is 10.5 Å². The summed E-state index contributed by atoms with van der Waals surface area (Å²) in [7, 11) is 0. The minimum atomic E-state index is -0.776. The maximum Gasteiger partial charge on any atom is 0.325 e. The van der Waals surface area contributed by atoms with Gasteiger partial charge in [-0.2, -0.15) is 0 Å². The van der Waals surface area contributed by atoms with E-state index in [4.69, 9.17) is 10.5 Å². The topological polar surface area (TPSA) is 105 Å². The lowest BCUT2D eigenvalue weighted by molar-refractivity contribution is -0.123. The summed E-state index contributed by atoms with van der Waals surface area (Å²) >= 11 is 0. The lowest BCUT2D eigenvalue weighted by Gasteiger charge is -2.36. The first-order valence-corrected chi connectivity index (χ1v) is 11.8. The normalized spacial score (nSPS) is 15.3. The fourth-order valence-corrected chi connectivity index (χ4v) is 4.10. The van der Waals surface area contributed by atoms with Crippen LogP contribution in [0.15, 0.2) is 60.7 Å². The van der Waals surface area contributed by atoms with Crippen LogP contribution in [0.5, 0.6) is 0 Å². The summed E-state index contributed by atoms with van der Waals surface area (Å²) in [6.07, 6.45) is 2.30. The zero-order valence-corrected chi connectivity index (χ0v) is 19.7. The number of urea groups is 1. The van der Waals surface area contributed by atoms with Crippen molar-refractivity contribution in [1.82, 2.24) is 10.2 Å². The van der Waals surface area contributed by atoms with Gasteiger partial charge in [0.05, 0.1) is 13.2 Å². The minimum Gasteiger partial charge on any atom is -0.378 e. The number of nitrogens with one attached hydrogen (secondary N) is 1. The van der Waals surface area contributed by atoms with E-state index in [0.29, 0.717) is 38.4 Å². The number of amides is 4. The Morgan fingerprint density at radius 3 is 2.26 bits per heavy atom. The van der Waals surface area contributed by atoms with Crippen LogP contribution in [0, 0.1) is 0 Å². The molecule has 2 aromatic rings. The van der Waals surface area contributed by atoms with Crippen LogP contribution in [0.25, 0.3) is 0 Å². The van der Waals surface area contributed by atoms with Crippen molar-refractivity contribution in [2.75, 3.05) is 31.2 Å². The molecule has 2 atom stereocenters. The van der Waals surface area contributed by atoms with Crippen LogP contribution in [0.3, 0.4) is 0 Å². The second-order valence-electron chi connectivity index (χ2n) is 8.52. The molecule has 0 unspecified atom stereocenters. The molecule has 0 saturated carbocycles. The molecule has 0 spiro atoms. The van der Waals surface area contributed by atoms with E-state index < -0.39 is 18.0 Å². The monoisotopic (exact) mass is 466 g/mol. The van der Waals surface area contributed by atoms with E-state index >= 15 is 0 Å². The lowest BCUT2D eigenvalue weighted by atomic mass is 10.0. The summed E-state index contributed by atoms with van der Waals surface area (Å²) < 4.78 is 5.37. The molecule has 3 rings (SSSR count). The first kappa shape index (κ1) is 25.2. The van der Waals surface area contributed by atoms with Crippen molar-refractivity contribution < 1.29 is 19.1 Å². The van der Waals surface area contributed by atoms with Crippen LogP contribution in [0.2, 0.25) is 0 Å². The summed E-state index contributed by atoms with van der Waals surface area (Å²) in [5, 5.41) is 2.97. The zero-order valence-electron chi connectivity index (χ0n) is 19.7. The summed E-state index contributed by atoms with van der Waals surface area (Å²) in [6.45, 7) is 3.58. The molecule has 0 aromatic heterocycles. The van der Waals surface area contributed by atoms with E-state index in [9.17, 15) is 14.4 Å². The van der Waals surface area contributed by atoms with Gasteiger partial charge in [-0.05, 0) is 43.9 Å². The third kappa shape index (κ3) is 7.31. The van der Waals surface area contributed by atoms with Gasteiger partial charge in [0, 0.05) is 31.2 Å². The molecule has 3 N–H and O–H groups in total. The molecular formula is C26H34N4O4. The van der Waals surface area contributed by atoms with Gasteiger partial charge in [0.2, 0.25) is 11.8 Å². The number of benzene rings is 2. The zero-order chi connectivity index (χ0) is 24.3. The molecule has 0 aliphatic carbocycles. The fraction of sp³-hybridized carbons (Fsp3) is 0.423. The van der Waals surface area contributed by atoms with Crippen LogP contribution < -0.4 is 16.0 Å². The number of nitrogens with two attached hydrogens (primary N) is 1. The molecule has 1 heterocycles. The molecule has 8 heteroatoms. The quantitative estimate of drug-likeness (QED) is 0.562. The molecule has 8 nitrogen and oxygen atoms in total. The van der Waals surface area contributed by atoms with E-state index in [-0.39, 0.29) is 18.4 Å². The van der Waals surface area contributed by atoms with Crippen molar-refractivity contribution in [2.24, 2.45) is 5.73 Å². The average Bonchev–Trinajstić information content (AvgIpc) is 2.85. The Labute approximate surface area is 201 Å². The maximum absolute atomic E-state index is 13.4. The van der Waals surface area contributed by atoms with Gasteiger partial charge in [-0.3, -0.25) is 14.5 Å². The average molecular weight is 467 g/mol. The van der Waals surface area contributed by atoms with Crippen LogP contribution in [0.4, 0.5) is 10.5 Å².